The number of hydrogen-bond acceptors (Lipinski definition) is 11. The Morgan fingerprint density at radius 3 is 2.19 bits per heavy atom. The third-order valence-corrected chi connectivity index (χ3v) is 9.11. The van der Waals surface area contributed by atoms with Crippen molar-refractivity contribution >= 4 is 24.1 Å². The summed E-state index contributed by atoms with van der Waals surface area (Å²) in [5.41, 5.74) is -0.810. The quantitative estimate of drug-likeness (QED) is 0.264. The Labute approximate surface area is 275 Å². The van der Waals surface area contributed by atoms with E-state index in [-0.39, 0.29) is 45.0 Å². The Bertz CT molecular complexity index is 1460. The molecule has 2 bridgehead atoms. The molecule has 13 heteroatoms. The molecule has 13 nitrogen and oxygen atoms in total. The normalized spacial score (nSPS) is 25.8. The first-order valence-corrected chi connectivity index (χ1v) is 16.2. The van der Waals surface area contributed by atoms with Crippen molar-refractivity contribution < 1.29 is 48.0 Å². The lowest BCUT2D eigenvalue weighted by molar-refractivity contribution is -0.206. The van der Waals surface area contributed by atoms with Gasteiger partial charge in [-0.25, -0.2) is 9.59 Å². The van der Waals surface area contributed by atoms with Crippen LogP contribution in [0.25, 0.3) is 0 Å². The molecule has 0 radical (unpaired) electrons. The molecule has 1 aromatic carbocycles. The van der Waals surface area contributed by atoms with Crippen LogP contribution >= 0.6 is 0 Å². The number of alkyl carbamates (subject to hydrolysis) is 2. The molecule has 4 aliphatic rings. The van der Waals surface area contributed by atoms with Gasteiger partial charge in [0.2, 0.25) is 0 Å². The molecule has 258 valence electrons. The van der Waals surface area contributed by atoms with E-state index >= 15 is 0 Å². The number of likely N-dealkylation sites (tertiary alicyclic amines) is 1. The minimum absolute atomic E-state index is 0.0163. The molecule has 47 heavy (non-hydrogen) atoms. The van der Waals surface area contributed by atoms with Gasteiger partial charge in [-0.3, -0.25) is 14.5 Å². The van der Waals surface area contributed by atoms with Gasteiger partial charge in [0, 0.05) is 30.6 Å². The van der Waals surface area contributed by atoms with E-state index in [2.05, 4.69) is 15.5 Å². The first kappa shape index (κ1) is 34.5. The Balaban J connectivity index is 1.41. The van der Waals surface area contributed by atoms with Gasteiger partial charge in [-0.15, -0.1) is 0 Å². The zero-order valence-corrected chi connectivity index (χ0v) is 28.3. The van der Waals surface area contributed by atoms with Crippen molar-refractivity contribution in [2.45, 2.75) is 115 Å². The lowest BCUT2D eigenvalue weighted by atomic mass is 9.50. The second-order valence-electron chi connectivity index (χ2n) is 14.7. The van der Waals surface area contributed by atoms with Crippen LogP contribution in [0.15, 0.2) is 24.0 Å². The van der Waals surface area contributed by atoms with Gasteiger partial charge in [0.25, 0.3) is 0 Å². The average molecular weight is 658 g/mol. The number of amides is 2. The van der Waals surface area contributed by atoms with Crippen LogP contribution in [0.3, 0.4) is 0 Å². The minimum atomic E-state index is -1.08. The van der Waals surface area contributed by atoms with E-state index in [1.807, 2.05) is 19.2 Å². The molecule has 2 amide bonds. The molecule has 3 N–H and O–H groups in total. The number of ether oxygens (including phenoxy) is 5. The number of carbonyl (C=O) groups is 4. The Kier molecular flexibility index (Phi) is 9.28. The van der Waals surface area contributed by atoms with Crippen molar-refractivity contribution in [1.82, 2.24) is 15.5 Å². The minimum Gasteiger partial charge on any atom is -0.481 e. The van der Waals surface area contributed by atoms with Crippen LogP contribution in [0.4, 0.5) is 9.59 Å². The predicted molar refractivity (Wildman–Crippen MR) is 169 cm³/mol. The second-order valence-corrected chi connectivity index (χ2v) is 14.7. The van der Waals surface area contributed by atoms with Crippen LogP contribution in [0.5, 0.6) is 5.75 Å². The summed E-state index contributed by atoms with van der Waals surface area (Å²) in [6.07, 6.45) is 0.909. The molecule has 0 aromatic heterocycles. The van der Waals surface area contributed by atoms with Gasteiger partial charge in [-0.2, -0.15) is 0 Å². The summed E-state index contributed by atoms with van der Waals surface area (Å²) in [5, 5.41) is 15.4. The number of nitrogens with zero attached hydrogens (tertiary/aromatic N) is 1. The van der Waals surface area contributed by atoms with E-state index in [0.29, 0.717) is 36.5 Å². The number of aliphatic hydroxyl groups excluding tert-OH is 1. The maximum Gasteiger partial charge on any atom is 0.407 e. The molecule has 0 unspecified atom stereocenters. The van der Waals surface area contributed by atoms with E-state index in [4.69, 9.17) is 23.7 Å². The van der Waals surface area contributed by atoms with Crippen LogP contribution in [0.1, 0.15) is 83.9 Å². The summed E-state index contributed by atoms with van der Waals surface area (Å²) in [6.45, 7) is 11.0. The predicted octanol–water partition coefficient (Wildman–Crippen LogP) is 3.38. The molecule has 2 aliphatic heterocycles. The van der Waals surface area contributed by atoms with E-state index in [1.165, 1.54) is 0 Å². The molecule has 1 saturated heterocycles. The molecule has 1 spiro atoms. The van der Waals surface area contributed by atoms with Crippen molar-refractivity contribution in [3.05, 3.63) is 40.7 Å². The first-order valence-electron chi connectivity index (χ1n) is 16.2. The monoisotopic (exact) mass is 657 g/mol. The first-order chi connectivity index (χ1) is 22.0. The van der Waals surface area contributed by atoms with E-state index in [0.717, 1.165) is 11.1 Å². The highest BCUT2D eigenvalue weighted by Gasteiger charge is 2.74. The van der Waals surface area contributed by atoms with Crippen LogP contribution in [-0.4, -0.2) is 89.8 Å². The molecule has 5 rings (SSSR count). The van der Waals surface area contributed by atoms with Crippen LogP contribution in [0, 0.1) is 0 Å². The number of aliphatic hydroxyl groups is 1. The highest BCUT2D eigenvalue weighted by molar-refractivity contribution is 5.75. The number of piperidine rings is 1. The number of hydrogen-bond donors (Lipinski definition) is 3. The topological polar surface area (TPSA) is 162 Å². The third kappa shape index (κ3) is 6.64. The van der Waals surface area contributed by atoms with Gasteiger partial charge < -0.3 is 39.4 Å². The maximum absolute atomic E-state index is 13.6. The summed E-state index contributed by atoms with van der Waals surface area (Å²) in [6, 6.07) is 3.62. The smallest absolute Gasteiger partial charge is 0.407 e. The zero-order chi connectivity index (χ0) is 34.4. The van der Waals surface area contributed by atoms with Crippen LogP contribution in [-0.2, 0) is 47.0 Å². The second kappa shape index (κ2) is 12.6. The molecular weight excluding hydrogens is 610 g/mol. The Morgan fingerprint density at radius 2 is 1.60 bits per heavy atom. The van der Waals surface area contributed by atoms with Crippen molar-refractivity contribution in [3.8, 4) is 5.75 Å². The third-order valence-electron chi connectivity index (χ3n) is 9.11. The van der Waals surface area contributed by atoms with Crippen molar-refractivity contribution in [3.63, 3.8) is 0 Å². The van der Waals surface area contributed by atoms with Crippen molar-refractivity contribution in [2.24, 2.45) is 0 Å². The zero-order valence-electron chi connectivity index (χ0n) is 28.3. The average Bonchev–Trinajstić information content (AvgIpc) is 3.30. The molecule has 4 atom stereocenters. The maximum atomic E-state index is 13.6. The lowest BCUT2D eigenvalue weighted by Crippen LogP contribution is -2.75. The van der Waals surface area contributed by atoms with Crippen LogP contribution in [0.2, 0.25) is 0 Å². The summed E-state index contributed by atoms with van der Waals surface area (Å²) in [4.78, 5) is 53.1. The summed E-state index contributed by atoms with van der Waals surface area (Å²) in [5.74, 6) is -0.220. The fourth-order valence-corrected chi connectivity index (χ4v) is 7.40. The number of likely N-dealkylation sites (N-methyl/N-ethyl adjacent to an activating group) is 1. The van der Waals surface area contributed by atoms with Crippen LogP contribution < -0.4 is 15.4 Å². The number of benzene rings is 1. The van der Waals surface area contributed by atoms with Crippen molar-refractivity contribution in [1.29, 1.82) is 0 Å². The lowest BCUT2D eigenvalue weighted by Gasteiger charge is -2.62. The molecule has 1 fully saturated rings. The molecular formula is C34H47N3O10. The van der Waals surface area contributed by atoms with E-state index in [1.54, 1.807) is 47.6 Å². The van der Waals surface area contributed by atoms with Gasteiger partial charge in [-0.1, -0.05) is 12.1 Å². The summed E-state index contributed by atoms with van der Waals surface area (Å²) in [7, 11) is 2.01. The Hall–Kier alpha value is -3.84. The number of carbonyl (C=O) groups excluding carboxylic acids is 4. The number of rotatable bonds is 9. The molecule has 1 aromatic rings. The van der Waals surface area contributed by atoms with Gasteiger partial charge in [0.15, 0.2) is 6.10 Å². The molecule has 2 heterocycles. The highest BCUT2D eigenvalue weighted by Crippen LogP contribution is 2.65. The SMILES string of the molecule is CN1CC[C@]23c4c5ccc(CO)c4O[C@H]2C(OC(=O)CCNC(=O)OC(C)(C)C)=CC[C@@]3(OC(=O)CCNC(=O)OC(C)(C)C)[C@H]1C5. The Morgan fingerprint density at radius 1 is 0.979 bits per heavy atom. The largest absolute Gasteiger partial charge is 0.481 e. The number of nitrogens with one attached hydrogen (secondary N) is 2. The fourth-order valence-electron chi connectivity index (χ4n) is 7.40. The van der Waals surface area contributed by atoms with Gasteiger partial charge in [0.1, 0.15) is 28.3 Å². The molecule has 2 aliphatic carbocycles. The molecule has 0 saturated carbocycles. The van der Waals surface area contributed by atoms with Gasteiger partial charge in [-0.05, 0) is 79.6 Å². The summed E-state index contributed by atoms with van der Waals surface area (Å²) >= 11 is 0. The summed E-state index contributed by atoms with van der Waals surface area (Å²) < 4.78 is 29.6. The fraction of sp³-hybridized carbons (Fsp3) is 0.647. The standard InChI is InChI=1S/C34H47N3O10/c1-31(2,3)46-29(41)35-15-11-24(39)43-22-10-13-34(45-25(40)12-16-36-30(42)47-32(4,5)6)23-18-20-8-9-21(19-38)27-26(20)33(34,28(22)44-27)14-17-37(23)7/h8-10,23,28,38H,11-19H2,1-7H3,(H,35,41)(H,36,42)/t23-,28+,33+,34-/m1/s1. The van der Waals surface area contributed by atoms with E-state index < -0.39 is 52.4 Å². The highest BCUT2D eigenvalue weighted by atomic mass is 16.6. The van der Waals surface area contributed by atoms with Gasteiger partial charge in [0.05, 0.1) is 30.9 Å². The van der Waals surface area contributed by atoms with Crippen molar-refractivity contribution in [2.75, 3.05) is 26.7 Å². The van der Waals surface area contributed by atoms with Gasteiger partial charge >= 0.3 is 24.1 Å². The van der Waals surface area contributed by atoms with E-state index in [9.17, 15) is 24.3 Å². The number of esters is 2.